The molecule has 1 aromatic rings. The smallest absolute Gasteiger partial charge is 0.116 e. The molecule has 0 bridgehead atoms. The molecule has 2 rings (SSSR count). The molecule has 0 saturated carbocycles. The van der Waals surface area contributed by atoms with Gasteiger partial charge in [0.25, 0.3) is 0 Å². The molecular weight excluding hydrogens is 354 g/mol. The molecule has 130 valence electrons. The zero-order valence-electron chi connectivity index (χ0n) is 15.2. The van der Waals surface area contributed by atoms with E-state index >= 15 is 0 Å². The molecule has 4 heteroatoms. The molecule has 1 aliphatic heterocycles. The quantitative estimate of drug-likeness (QED) is 0.742. The highest BCUT2D eigenvalue weighted by Gasteiger charge is 2.46. The Balaban J connectivity index is 2.16. The zero-order valence-corrected chi connectivity index (χ0v) is 16.8. The first-order chi connectivity index (χ1) is 10.6. The van der Waals surface area contributed by atoms with Crippen LogP contribution in [0.1, 0.15) is 46.6 Å². The Morgan fingerprint density at radius 2 is 1.83 bits per heavy atom. The lowest BCUT2D eigenvalue weighted by atomic mass is 9.78. The summed E-state index contributed by atoms with van der Waals surface area (Å²) in [6.45, 7) is 12.8. The summed E-state index contributed by atoms with van der Waals surface area (Å²) in [7, 11) is 1.81. The molecule has 2 atom stereocenters. The van der Waals surface area contributed by atoms with Crippen molar-refractivity contribution in [3.8, 4) is 0 Å². The maximum atomic E-state index is 6.41. The van der Waals surface area contributed by atoms with Crippen LogP contribution < -0.4 is 0 Å². The minimum absolute atomic E-state index is 0.0405. The Kier molecular flexibility index (Phi) is 5.94. The van der Waals surface area contributed by atoms with Crippen molar-refractivity contribution >= 4 is 15.9 Å². The van der Waals surface area contributed by atoms with Crippen molar-refractivity contribution in [3.63, 3.8) is 0 Å². The number of piperidine rings is 1. The summed E-state index contributed by atoms with van der Waals surface area (Å²) in [6.07, 6.45) is 1.36. The number of hydrogen-bond acceptors (Lipinski definition) is 3. The van der Waals surface area contributed by atoms with Gasteiger partial charge in [0.1, 0.15) is 6.23 Å². The minimum atomic E-state index is 0.0405. The third-order valence-corrected chi connectivity index (χ3v) is 5.15. The zero-order chi connectivity index (χ0) is 17.3. The van der Waals surface area contributed by atoms with Gasteiger partial charge in [-0.05, 0) is 44.9 Å². The third-order valence-electron chi connectivity index (χ3n) is 4.62. The molecule has 0 aromatic heterocycles. The number of nitrogens with zero attached hydrogens (tertiary/aromatic N) is 1. The lowest BCUT2D eigenvalue weighted by molar-refractivity contribution is -0.206. The van der Waals surface area contributed by atoms with Crippen LogP contribution in [0.3, 0.4) is 0 Å². The predicted molar refractivity (Wildman–Crippen MR) is 98.4 cm³/mol. The van der Waals surface area contributed by atoms with Gasteiger partial charge in [-0.1, -0.05) is 41.9 Å². The molecule has 1 aromatic carbocycles. The molecule has 23 heavy (non-hydrogen) atoms. The largest absolute Gasteiger partial charge is 0.380 e. The number of rotatable bonds is 4. The van der Waals surface area contributed by atoms with E-state index in [4.69, 9.17) is 9.47 Å². The second kappa shape index (κ2) is 7.22. The molecule has 0 N–H and O–H groups in total. The third kappa shape index (κ3) is 4.79. The molecule has 1 fully saturated rings. The van der Waals surface area contributed by atoms with Gasteiger partial charge in [0.05, 0.1) is 12.7 Å². The Morgan fingerprint density at radius 1 is 1.22 bits per heavy atom. The molecule has 0 amide bonds. The van der Waals surface area contributed by atoms with Crippen LogP contribution in [0, 0.1) is 5.41 Å². The Morgan fingerprint density at radius 3 is 2.35 bits per heavy atom. The van der Waals surface area contributed by atoms with E-state index in [1.165, 1.54) is 5.56 Å². The lowest BCUT2D eigenvalue weighted by Crippen LogP contribution is -2.62. The fourth-order valence-electron chi connectivity index (χ4n) is 3.34. The molecule has 1 saturated heterocycles. The van der Waals surface area contributed by atoms with Crippen LogP contribution in [0.5, 0.6) is 0 Å². The van der Waals surface area contributed by atoms with E-state index in [1.54, 1.807) is 0 Å². The Bertz CT molecular complexity index is 507. The number of benzene rings is 1. The van der Waals surface area contributed by atoms with E-state index in [0.29, 0.717) is 6.61 Å². The van der Waals surface area contributed by atoms with Gasteiger partial charge in [-0.3, -0.25) is 4.90 Å². The van der Waals surface area contributed by atoms with Crippen LogP contribution in [0.2, 0.25) is 0 Å². The van der Waals surface area contributed by atoms with E-state index in [-0.39, 0.29) is 23.3 Å². The molecule has 3 nitrogen and oxygen atoms in total. The van der Waals surface area contributed by atoms with E-state index in [1.807, 2.05) is 7.11 Å². The fourth-order valence-corrected chi connectivity index (χ4v) is 3.61. The summed E-state index contributed by atoms with van der Waals surface area (Å²) in [6, 6.07) is 8.35. The monoisotopic (exact) mass is 383 g/mol. The SMILES string of the molecule is CO[C@H]1CN(C(C)(C)C)[C@H](OCc2ccc(Br)cc2)C(C)(C)C1. The first kappa shape index (κ1) is 18.9. The van der Waals surface area contributed by atoms with Crippen molar-refractivity contribution in [2.45, 2.75) is 65.5 Å². The number of hydrogen-bond donors (Lipinski definition) is 0. The van der Waals surface area contributed by atoms with Gasteiger partial charge in [0.2, 0.25) is 0 Å². The molecule has 1 heterocycles. The summed E-state index contributed by atoms with van der Waals surface area (Å²) >= 11 is 3.48. The number of halogens is 1. The van der Waals surface area contributed by atoms with Gasteiger partial charge in [-0.15, -0.1) is 0 Å². The van der Waals surface area contributed by atoms with Gasteiger partial charge in [0, 0.05) is 29.1 Å². The first-order valence-electron chi connectivity index (χ1n) is 8.29. The summed E-state index contributed by atoms with van der Waals surface area (Å²) < 4.78 is 13.2. The van der Waals surface area contributed by atoms with Gasteiger partial charge in [0.15, 0.2) is 0 Å². The van der Waals surface area contributed by atoms with Crippen LogP contribution in [-0.2, 0) is 16.1 Å². The number of methoxy groups -OCH3 is 1. The van der Waals surface area contributed by atoms with E-state index in [2.05, 4.69) is 79.7 Å². The molecule has 1 aliphatic rings. The average molecular weight is 384 g/mol. The summed E-state index contributed by atoms with van der Waals surface area (Å²) in [5.74, 6) is 0. The number of likely N-dealkylation sites (tertiary alicyclic amines) is 1. The normalized spacial score (nSPS) is 25.5. The highest BCUT2D eigenvalue weighted by atomic mass is 79.9. The summed E-state index contributed by atoms with van der Waals surface area (Å²) in [5, 5.41) is 0. The van der Waals surface area contributed by atoms with Crippen LogP contribution in [-0.4, -0.2) is 36.4 Å². The van der Waals surface area contributed by atoms with E-state index < -0.39 is 0 Å². The van der Waals surface area contributed by atoms with Crippen molar-refractivity contribution in [1.82, 2.24) is 4.90 Å². The highest BCUT2D eigenvalue weighted by molar-refractivity contribution is 9.10. The van der Waals surface area contributed by atoms with Gasteiger partial charge >= 0.3 is 0 Å². The molecule has 0 spiro atoms. The molecule has 0 unspecified atom stereocenters. The van der Waals surface area contributed by atoms with Crippen molar-refractivity contribution in [3.05, 3.63) is 34.3 Å². The maximum Gasteiger partial charge on any atom is 0.116 e. The first-order valence-corrected chi connectivity index (χ1v) is 9.08. The molecule has 0 radical (unpaired) electrons. The summed E-state index contributed by atoms with van der Waals surface area (Å²) in [4.78, 5) is 2.45. The van der Waals surface area contributed by atoms with Crippen molar-refractivity contribution in [2.75, 3.05) is 13.7 Å². The minimum Gasteiger partial charge on any atom is -0.380 e. The van der Waals surface area contributed by atoms with Gasteiger partial charge in [-0.2, -0.15) is 0 Å². The second-order valence-corrected chi connectivity index (χ2v) is 9.08. The van der Waals surface area contributed by atoms with Crippen molar-refractivity contribution < 1.29 is 9.47 Å². The van der Waals surface area contributed by atoms with Crippen LogP contribution in [0.15, 0.2) is 28.7 Å². The topological polar surface area (TPSA) is 21.7 Å². The Hall–Kier alpha value is -0.420. The second-order valence-electron chi connectivity index (χ2n) is 8.16. The lowest BCUT2D eigenvalue weighted by Gasteiger charge is -2.53. The number of ether oxygens (including phenoxy) is 2. The van der Waals surface area contributed by atoms with Crippen LogP contribution in [0.25, 0.3) is 0 Å². The van der Waals surface area contributed by atoms with E-state index in [0.717, 1.165) is 17.4 Å². The van der Waals surface area contributed by atoms with Crippen LogP contribution in [0.4, 0.5) is 0 Å². The van der Waals surface area contributed by atoms with Crippen molar-refractivity contribution in [1.29, 1.82) is 0 Å². The maximum absolute atomic E-state index is 6.41. The highest BCUT2D eigenvalue weighted by Crippen LogP contribution is 2.40. The molecular formula is C19H30BrNO2. The van der Waals surface area contributed by atoms with Crippen LogP contribution >= 0.6 is 15.9 Å². The van der Waals surface area contributed by atoms with Gasteiger partial charge in [-0.25, -0.2) is 0 Å². The Labute approximate surface area is 149 Å². The van der Waals surface area contributed by atoms with E-state index in [9.17, 15) is 0 Å². The van der Waals surface area contributed by atoms with Gasteiger partial charge < -0.3 is 9.47 Å². The molecule has 0 aliphatic carbocycles. The predicted octanol–water partition coefficient (Wildman–Crippen LogP) is 4.84. The summed E-state index contributed by atoms with van der Waals surface area (Å²) in [5.41, 5.74) is 1.28. The fraction of sp³-hybridized carbons (Fsp3) is 0.684. The average Bonchev–Trinajstić information content (AvgIpc) is 2.45. The standard InChI is InChI=1S/C19H30BrNO2/c1-18(2,3)21-12-16(22-6)11-19(4,5)17(21)23-13-14-7-9-15(20)10-8-14/h7-10,16-17H,11-13H2,1-6H3/t16-,17-/m1/s1. The van der Waals surface area contributed by atoms with Crippen molar-refractivity contribution in [2.24, 2.45) is 5.41 Å².